The first-order valence-corrected chi connectivity index (χ1v) is 8.41. The number of fused-ring (bicyclic) bond motifs is 1. The van der Waals surface area contributed by atoms with Crippen LogP contribution in [0.3, 0.4) is 0 Å². The van der Waals surface area contributed by atoms with Crippen molar-refractivity contribution in [3.8, 4) is 0 Å². The normalized spacial score (nSPS) is 17.6. The van der Waals surface area contributed by atoms with Crippen molar-refractivity contribution in [2.75, 3.05) is 18.0 Å². The van der Waals surface area contributed by atoms with E-state index >= 15 is 0 Å². The molecule has 0 unspecified atom stereocenters. The molecule has 1 aromatic rings. The van der Waals surface area contributed by atoms with Gasteiger partial charge in [0.1, 0.15) is 11.5 Å². The Morgan fingerprint density at radius 3 is 2.60 bits per heavy atom. The number of hydrogen-bond donors (Lipinski definition) is 0. The summed E-state index contributed by atoms with van der Waals surface area (Å²) in [6.45, 7) is 7.09. The molecule has 0 aromatic heterocycles. The third-order valence-electron chi connectivity index (χ3n) is 4.23. The van der Waals surface area contributed by atoms with Crippen LogP contribution in [0.2, 0.25) is 0 Å². The molecule has 6 heteroatoms. The summed E-state index contributed by atoms with van der Waals surface area (Å²) in [7, 11) is 0. The molecule has 3 rings (SSSR count). The van der Waals surface area contributed by atoms with Gasteiger partial charge in [-0.15, -0.1) is 0 Å². The van der Waals surface area contributed by atoms with Crippen LogP contribution >= 0.6 is 0 Å². The zero-order valence-corrected chi connectivity index (χ0v) is 14.8. The summed E-state index contributed by atoms with van der Waals surface area (Å²) in [6.07, 6.45) is 1.64. The van der Waals surface area contributed by atoms with Crippen molar-refractivity contribution >= 4 is 35.1 Å². The van der Waals surface area contributed by atoms with Gasteiger partial charge in [0, 0.05) is 5.41 Å². The summed E-state index contributed by atoms with van der Waals surface area (Å²) in [5.41, 5.74) is 1.44. The van der Waals surface area contributed by atoms with Gasteiger partial charge in [-0.3, -0.25) is 29.5 Å². The van der Waals surface area contributed by atoms with Gasteiger partial charge >= 0.3 is 0 Å². The average molecular weight is 338 g/mol. The molecule has 6 nitrogen and oxygen atoms in total. The highest BCUT2D eigenvalue weighted by Crippen LogP contribution is 2.27. The monoisotopic (exact) mass is 338 g/mol. The molecule has 2 aliphatic rings. The second-order valence-corrected chi connectivity index (χ2v) is 7.16. The van der Waals surface area contributed by atoms with Crippen LogP contribution in [-0.4, -0.2) is 42.5 Å². The molecule has 0 N–H and O–H groups in total. The summed E-state index contributed by atoms with van der Waals surface area (Å²) in [5, 5.41) is 0. The van der Waals surface area contributed by atoms with E-state index in [2.05, 4.69) is 15.0 Å². The highest BCUT2D eigenvalue weighted by molar-refractivity contribution is 6.56. The van der Waals surface area contributed by atoms with Crippen molar-refractivity contribution < 1.29 is 9.59 Å². The minimum Gasteiger partial charge on any atom is -0.299 e. The van der Waals surface area contributed by atoms with Crippen molar-refractivity contribution in [2.45, 2.75) is 33.7 Å². The molecule has 25 heavy (non-hydrogen) atoms. The zero-order valence-electron chi connectivity index (χ0n) is 14.8. The predicted molar refractivity (Wildman–Crippen MR) is 99.8 cm³/mol. The fraction of sp³-hybridized carbons (Fsp3) is 0.421. The lowest BCUT2D eigenvalue weighted by atomic mass is 9.87. The summed E-state index contributed by atoms with van der Waals surface area (Å²) in [5.74, 6) is 0.195. The molecule has 1 aromatic carbocycles. The van der Waals surface area contributed by atoms with E-state index in [0.29, 0.717) is 25.5 Å². The quantitative estimate of drug-likeness (QED) is 0.831. The number of Topliss-reactive ketones (excluding diaryl/α,β-unsaturated/α-hetero) is 1. The Balaban J connectivity index is 2.01. The van der Waals surface area contributed by atoms with Crippen molar-refractivity contribution in [3.05, 3.63) is 29.8 Å². The number of aliphatic imine (C=N–C) groups is 3. The van der Waals surface area contributed by atoms with E-state index in [9.17, 15) is 9.59 Å². The van der Waals surface area contributed by atoms with Gasteiger partial charge in [0.15, 0.2) is 5.84 Å². The topological polar surface area (TPSA) is 74.5 Å². The highest BCUT2D eigenvalue weighted by Gasteiger charge is 2.32. The molecule has 0 spiro atoms. The number of carbonyl (C=O) groups excluding carboxylic acids is 2. The first-order valence-electron chi connectivity index (χ1n) is 8.41. The Morgan fingerprint density at radius 1 is 1.16 bits per heavy atom. The van der Waals surface area contributed by atoms with E-state index in [0.717, 1.165) is 11.3 Å². The van der Waals surface area contributed by atoms with Crippen molar-refractivity contribution in [1.82, 2.24) is 0 Å². The number of amidine groups is 1. The smallest absolute Gasteiger partial charge is 0.278 e. The molecule has 0 saturated carbocycles. The maximum atomic E-state index is 13.2. The highest BCUT2D eigenvalue weighted by atomic mass is 16.2. The van der Waals surface area contributed by atoms with Gasteiger partial charge in [0.2, 0.25) is 0 Å². The standard InChI is InChI=1S/C19H22N4O2/c1-19(2,3)16(24)10-14-18(25)23(17-12-20-8-9-21-17)15-7-5-4-6-13(15)11-22-14/h4-7,12H,8-11H2,1-3H3. The Morgan fingerprint density at radius 2 is 1.92 bits per heavy atom. The third kappa shape index (κ3) is 3.57. The van der Waals surface area contributed by atoms with Gasteiger partial charge in [0.25, 0.3) is 5.91 Å². The van der Waals surface area contributed by atoms with E-state index in [-0.39, 0.29) is 23.8 Å². The number of ketones is 1. The SMILES string of the molecule is CC(C)(C)C(=O)CC1=NCc2ccccc2N(C2=NCCN=C2)C1=O. The van der Waals surface area contributed by atoms with E-state index in [4.69, 9.17) is 0 Å². The van der Waals surface area contributed by atoms with Gasteiger partial charge in [-0.05, 0) is 11.6 Å². The number of anilines is 1. The molecule has 0 bridgehead atoms. The van der Waals surface area contributed by atoms with Crippen molar-refractivity contribution in [3.63, 3.8) is 0 Å². The van der Waals surface area contributed by atoms with Crippen LogP contribution in [0.15, 0.2) is 39.2 Å². The molecule has 0 radical (unpaired) electrons. The molecule has 2 heterocycles. The number of amides is 1. The number of para-hydroxylation sites is 1. The Hall–Kier alpha value is -2.63. The Bertz CT molecular complexity index is 800. The van der Waals surface area contributed by atoms with Gasteiger partial charge in [0.05, 0.1) is 38.0 Å². The minimum atomic E-state index is -0.517. The predicted octanol–water partition coefficient (Wildman–Crippen LogP) is 2.46. The lowest BCUT2D eigenvalue weighted by molar-refractivity contribution is -0.125. The lowest BCUT2D eigenvalue weighted by Gasteiger charge is -2.24. The fourth-order valence-corrected chi connectivity index (χ4v) is 2.66. The maximum absolute atomic E-state index is 13.2. The molecule has 1 amide bonds. The van der Waals surface area contributed by atoms with Crippen LogP contribution in [0.4, 0.5) is 5.69 Å². The molecule has 130 valence electrons. The number of rotatable bonds is 2. The van der Waals surface area contributed by atoms with Crippen molar-refractivity contribution in [2.24, 2.45) is 20.4 Å². The van der Waals surface area contributed by atoms with Gasteiger partial charge < -0.3 is 0 Å². The first kappa shape index (κ1) is 17.2. The Kier molecular flexibility index (Phi) is 4.61. The molecule has 0 aliphatic carbocycles. The molecular weight excluding hydrogens is 316 g/mol. The van der Waals surface area contributed by atoms with E-state index in [1.807, 2.05) is 45.0 Å². The Labute approximate surface area is 147 Å². The largest absolute Gasteiger partial charge is 0.299 e. The number of carbonyl (C=O) groups is 2. The van der Waals surface area contributed by atoms with Crippen LogP contribution < -0.4 is 4.90 Å². The summed E-state index contributed by atoms with van der Waals surface area (Å²) < 4.78 is 0. The van der Waals surface area contributed by atoms with Crippen molar-refractivity contribution in [1.29, 1.82) is 0 Å². The van der Waals surface area contributed by atoms with Crippen LogP contribution in [0.5, 0.6) is 0 Å². The van der Waals surface area contributed by atoms with E-state index in [1.54, 1.807) is 11.1 Å². The van der Waals surface area contributed by atoms with Crippen LogP contribution in [0.25, 0.3) is 0 Å². The third-order valence-corrected chi connectivity index (χ3v) is 4.23. The lowest BCUT2D eigenvalue weighted by Crippen LogP contribution is -2.44. The number of benzene rings is 1. The minimum absolute atomic E-state index is 0.00949. The summed E-state index contributed by atoms with van der Waals surface area (Å²) in [6, 6.07) is 7.61. The van der Waals surface area contributed by atoms with Crippen LogP contribution in [-0.2, 0) is 16.1 Å². The second-order valence-electron chi connectivity index (χ2n) is 7.16. The van der Waals surface area contributed by atoms with Crippen LogP contribution in [0, 0.1) is 5.41 Å². The summed E-state index contributed by atoms with van der Waals surface area (Å²) >= 11 is 0. The van der Waals surface area contributed by atoms with Gasteiger partial charge in [-0.1, -0.05) is 39.0 Å². The number of nitrogens with zero attached hydrogens (tertiary/aromatic N) is 4. The van der Waals surface area contributed by atoms with Gasteiger partial charge in [-0.2, -0.15) is 0 Å². The molecular formula is C19H22N4O2. The fourth-order valence-electron chi connectivity index (χ4n) is 2.66. The van der Waals surface area contributed by atoms with E-state index < -0.39 is 5.41 Å². The molecule has 2 aliphatic heterocycles. The molecule has 0 fully saturated rings. The molecule has 0 atom stereocenters. The van der Waals surface area contributed by atoms with E-state index in [1.165, 1.54) is 0 Å². The van der Waals surface area contributed by atoms with Gasteiger partial charge in [-0.25, -0.2) is 0 Å². The van der Waals surface area contributed by atoms with Crippen LogP contribution in [0.1, 0.15) is 32.8 Å². The zero-order chi connectivity index (χ0) is 18.0. The summed E-state index contributed by atoms with van der Waals surface area (Å²) in [4.78, 5) is 40.3. The first-order chi connectivity index (χ1) is 11.9. The maximum Gasteiger partial charge on any atom is 0.278 e. The second kappa shape index (κ2) is 6.70. The number of hydrogen-bond acceptors (Lipinski definition) is 5. The molecule has 0 saturated heterocycles. The average Bonchev–Trinajstić information content (AvgIpc) is 2.72.